The highest BCUT2D eigenvalue weighted by atomic mass is 16.5. The monoisotopic (exact) mass is 136 g/mol. The molecule has 0 fully saturated rings. The highest BCUT2D eigenvalue weighted by Gasteiger charge is 1.86. The van der Waals surface area contributed by atoms with Crippen LogP contribution in [0.15, 0.2) is 24.5 Å². The van der Waals surface area contributed by atoms with Crippen molar-refractivity contribution in [3.63, 3.8) is 0 Å². The topological polar surface area (TPSA) is 39.0 Å². The number of hydrogen-bond donors (Lipinski definition) is 0. The summed E-state index contributed by atoms with van der Waals surface area (Å²) in [4.78, 5) is 3.81. The van der Waals surface area contributed by atoms with Crippen LogP contribution in [0.1, 0.15) is 5.56 Å². The first-order valence-electron chi connectivity index (χ1n) is 2.94. The van der Waals surface area contributed by atoms with Gasteiger partial charge in [-0.05, 0) is 12.1 Å². The van der Waals surface area contributed by atoms with Gasteiger partial charge in [-0.15, -0.1) is 0 Å². The van der Waals surface area contributed by atoms with Crippen molar-refractivity contribution in [1.82, 2.24) is 4.98 Å². The lowest BCUT2D eigenvalue weighted by molar-refractivity contribution is -0.416. The van der Waals surface area contributed by atoms with E-state index in [4.69, 9.17) is 0 Å². The number of nitrogens with zero attached hydrogens (tertiary/aromatic N) is 2. The Balaban J connectivity index is 2.87. The van der Waals surface area contributed by atoms with Crippen molar-refractivity contribution < 1.29 is 4.74 Å². The molecular formula is C7H8N2O. The Hall–Kier alpha value is -1.38. The first kappa shape index (κ1) is 6.74. The van der Waals surface area contributed by atoms with E-state index < -0.39 is 0 Å². The summed E-state index contributed by atoms with van der Waals surface area (Å²) in [6.45, 7) is 0. The fraction of sp³-hybridized carbons (Fsp3) is 0.143. The summed E-state index contributed by atoms with van der Waals surface area (Å²) in [5, 5.41) is 10.5. The molecule has 0 radical (unpaired) electrons. The van der Waals surface area contributed by atoms with Crippen LogP contribution >= 0.6 is 0 Å². The van der Waals surface area contributed by atoms with Gasteiger partial charge in [-0.3, -0.25) is 4.98 Å². The zero-order valence-electron chi connectivity index (χ0n) is 5.69. The summed E-state index contributed by atoms with van der Waals surface area (Å²) >= 11 is 0. The van der Waals surface area contributed by atoms with Crippen LogP contribution in [-0.2, 0) is 0 Å². The molecule has 0 amide bonds. The van der Waals surface area contributed by atoms with Crippen LogP contribution in [0.3, 0.4) is 0 Å². The zero-order valence-corrected chi connectivity index (χ0v) is 5.69. The lowest BCUT2D eigenvalue weighted by atomic mass is 10.3. The summed E-state index contributed by atoms with van der Waals surface area (Å²) in [6.07, 6.45) is 4.78. The molecule has 3 nitrogen and oxygen atoms in total. The molecular weight excluding hydrogens is 128 g/mol. The van der Waals surface area contributed by atoms with Crippen molar-refractivity contribution in [2.24, 2.45) is 0 Å². The maximum absolute atomic E-state index is 10.5. The quantitative estimate of drug-likeness (QED) is 0.246. The molecule has 1 rings (SSSR count). The highest BCUT2D eigenvalue weighted by Crippen LogP contribution is 1.89. The van der Waals surface area contributed by atoms with Crippen LogP contribution in [0.5, 0.6) is 0 Å². The molecule has 52 valence electrons. The van der Waals surface area contributed by atoms with E-state index in [-0.39, 0.29) is 0 Å². The molecule has 10 heavy (non-hydrogen) atoms. The van der Waals surface area contributed by atoms with Crippen LogP contribution < -0.4 is 0 Å². The molecule has 0 aromatic carbocycles. The summed E-state index contributed by atoms with van der Waals surface area (Å²) in [7, 11) is 1.44. The van der Waals surface area contributed by atoms with E-state index >= 15 is 0 Å². The van der Waals surface area contributed by atoms with Crippen molar-refractivity contribution in [1.29, 1.82) is 0 Å². The number of pyridine rings is 1. The number of hydroxylamine groups is 1. The van der Waals surface area contributed by atoms with Crippen molar-refractivity contribution in [3.05, 3.63) is 35.3 Å². The molecule has 0 bridgehead atoms. The zero-order chi connectivity index (χ0) is 7.40. The maximum atomic E-state index is 10.5. The van der Waals surface area contributed by atoms with Gasteiger partial charge in [-0.2, -0.15) is 0 Å². The second-order valence-corrected chi connectivity index (χ2v) is 1.96. The third kappa shape index (κ3) is 1.85. The molecule has 0 spiro atoms. The molecule has 1 heterocycles. The minimum Gasteiger partial charge on any atom is -0.624 e. The average Bonchev–Trinajstić information content (AvgIpc) is 1.88. The first-order valence-corrected chi connectivity index (χ1v) is 2.94. The number of hydrogen-bond acceptors (Lipinski definition) is 2. The van der Waals surface area contributed by atoms with Crippen molar-refractivity contribution in [2.75, 3.05) is 7.05 Å². The average molecular weight is 136 g/mol. The van der Waals surface area contributed by atoms with Gasteiger partial charge in [0.1, 0.15) is 7.05 Å². The lowest BCUT2D eigenvalue weighted by Crippen LogP contribution is -1.96. The molecule has 0 saturated carbocycles. The van der Waals surface area contributed by atoms with Gasteiger partial charge in [0.2, 0.25) is 0 Å². The second kappa shape index (κ2) is 2.96. The van der Waals surface area contributed by atoms with Crippen LogP contribution in [-0.4, -0.2) is 23.0 Å². The number of rotatable bonds is 1. The summed E-state index contributed by atoms with van der Waals surface area (Å²) < 4.78 is 0.759. The third-order valence-corrected chi connectivity index (χ3v) is 1.04. The fourth-order valence-corrected chi connectivity index (χ4v) is 0.659. The minimum absolute atomic E-state index is 0.759. The van der Waals surface area contributed by atoms with Crippen molar-refractivity contribution in [3.8, 4) is 0 Å². The largest absolute Gasteiger partial charge is 0.624 e. The molecule has 0 aliphatic carbocycles. The van der Waals surface area contributed by atoms with Gasteiger partial charge in [0.05, 0.1) is 0 Å². The third-order valence-electron chi connectivity index (χ3n) is 1.04. The highest BCUT2D eigenvalue weighted by molar-refractivity contribution is 5.74. The Morgan fingerprint density at radius 2 is 2.10 bits per heavy atom. The Morgan fingerprint density at radius 1 is 1.50 bits per heavy atom. The van der Waals surface area contributed by atoms with Crippen LogP contribution in [0.25, 0.3) is 0 Å². The molecule has 1 aromatic rings. The SMILES string of the molecule is C/[N+]([O-])=C\c1ccncc1. The van der Waals surface area contributed by atoms with E-state index in [1.54, 1.807) is 24.5 Å². The molecule has 3 heteroatoms. The van der Waals surface area contributed by atoms with Gasteiger partial charge in [-0.1, -0.05) is 0 Å². The molecule has 0 aliphatic rings. The standard InChI is InChI=1S/C7H8N2O/c1-9(10)6-7-2-4-8-5-3-7/h2-6H,1H3/b9-6+. The van der Waals surface area contributed by atoms with Gasteiger partial charge in [-0.25, -0.2) is 4.74 Å². The normalized spacial score (nSPS) is 11.5. The second-order valence-electron chi connectivity index (χ2n) is 1.96. The van der Waals surface area contributed by atoms with Gasteiger partial charge < -0.3 is 5.21 Å². The van der Waals surface area contributed by atoms with Gasteiger partial charge in [0.25, 0.3) is 0 Å². The predicted octanol–water partition coefficient (Wildman–Crippen LogP) is 0.641. The van der Waals surface area contributed by atoms with Gasteiger partial charge in [0.15, 0.2) is 6.21 Å². The molecule has 0 atom stereocenters. The number of aromatic nitrogens is 1. The Labute approximate surface area is 59.2 Å². The van der Waals surface area contributed by atoms with Crippen LogP contribution in [0, 0.1) is 5.21 Å². The molecule has 0 N–H and O–H groups in total. The smallest absolute Gasteiger partial charge is 0.181 e. The Morgan fingerprint density at radius 3 is 2.60 bits per heavy atom. The molecule has 0 saturated heterocycles. The van der Waals surface area contributed by atoms with Crippen LogP contribution in [0.2, 0.25) is 0 Å². The van der Waals surface area contributed by atoms with Gasteiger partial charge >= 0.3 is 0 Å². The van der Waals surface area contributed by atoms with Crippen molar-refractivity contribution in [2.45, 2.75) is 0 Å². The molecule has 1 aromatic heterocycles. The molecule has 0 aliphatic heterocycles. The predicted molar refractivity (Wildman–Crippen MR) is 39.0 cm³/mol. The van der Waals surface area contributed by atoms with Crippen LogP contribution in [0.4, 0.5) is 0 Å². The minimum atomic E-state index is 0.759. The summed E-state index contributed by atoms with van der Waals surface area (Å²) in [5.41, 5.74) is 0.868. The van der Waals surface area contributed by atoms with Crippen molar-refractivity contribution >= 4 is 6.21 Å². The van der Waals surface area contributed by atoms with E-state index in [1.165, 1.54) is 13.3 Å². The van der Waals surface area contributed by atoms with E-state index in [9.17, 15) is 5.21 Å². The Bertz CT molecular complexity index is 227. The van der Waals surface area contributed by atoms with E-state index in [0.717, 1.165) is 10.3 Å². The van der Waals surface area contributed by atoms with E-state index in [0.29, 0.717) is 0 Å². The molecule has 0 unspecified atom stereocenters. The fourth-order valence-electron chi connectivity index (χ4n) is 0.659. The van der Waals surface area contributed by atoms with E-state index in [2.05, 4.69) is 4.98 Å². The lowest BCUT2D eigenvalue weighted by Gasteiger charge is -1.93. The van der Waals surface area contributed by atoms with Gasteiger partial charge in [0, 0.05) is 18.0 Å². The van der Waals surface area contributed by atoms with E-state index in [1.807, 2.05) is 0 Å². The maximum Gasteiger partial charge on any atom is 0.181 e. The first-order chi connectivity index (χ1) is 4.79. The summed E-state index contributed by atoms with van der Waals surface area (Å²) in [5.74, 6) is 0. The summed E-state index contributed by atoms with van der Waals surface area (Å²) in [6, 6.07) is 3.54. The Kier molecular flexibility index (Phi) is 1.99.